The summed E-state index contributed by atoms with van der Waals surface area (Å²) in [5.41, 5.74) is 0.206. The third-order valence-corrected chi connectivity index (χ3v) is 3.27. The number of carbonyl (C=O) groups is 2. The maximum atomic E-state index is 13.1. The van der Waals surface area contributed by atoms with Crippen molar-refractivity contribution >= 4 is 11.9 Å². The van der Waals surface area contributed by atoms with Crippen LogP contribution in [0.15, 0.2) is 18.2 Å². The zero-order valence-electron chi connectivity index (χ0n) is 12.3. The molecule has 1 rings (SSSR count). The number of esters is 1. The second kappa shape index (κ2) is 7.71. The van der Waals surface area contributed by atoms with Crippen molar-refractivity contribution in [2.75, 3.05) is 7.11 Å². The number of hydrogen-bond acceptors (Lipinski definition) is 3. The fourth-order valence-electron chi connectivity index (χ4n) is 1.92. The largest absolute Gasteiger partial charge is 0.467 e. The number of hydrogen-bond donors (Lipinski definition) is 1. The highest BCUT2D eigenvalue weighted by Gasteiger charge is 2.26. The minimum Gasteiger partial charge on any atom is -0.467 e. The summed E-state index contributed by atoms with van der Waals surface area (Å²) < 4.78 is 30.8. The SMILES string of the molecule is CC[C@@H](C)[C@H](NC(=O)Cc1cc(F)cc(F)c1)C(=O)OC. The summed E-state index contributed by atoms with van der Waals surface area (Å²) >= 11 is 0. The highest BCUT2D eigenvalue weighted by atomic mass is 19.1. The van der Waals surface area contributed by atoms with Crippen LogP contribution in [0.4, 0.5) is 8.78 Å². The topological polar surface area (TPSA) is 55.4 Å². The molecule has 4 nitrogen and oxygen atoms in total. The fourth-order valence-corrected chi connectivity index (χ4v) is 1.92. The maximum absolute atomic E-state index is 13.1. The summed E-state index contributed by atoms with van der Waals surface area (Å²) in [6.45, 7) is 3.69. The number of benzene rings is 1. The Kier molecular flexibility index (Phi) is 6.27. The molecule has 0 bridgehead atoms. The molecule has 0 fully saturated rings. The van der Waals surface area contributed by atoms with E-state index in [0.717, 1.165) is 18.2 Å². The van der Waals surface area contributed by atoms with Gasteiger partial charge in [0, 0.05) is 6.07 Å². The molecule has 0 aliphatic heterocycles. The zero-order chi connectivity index (χ0) is 16.0. The van der Waals surface area contributed by atoms with Crippen molar-refractivity contribution in [3.05, 3.63) is 35.4 Å². The van der Waals surface area contributed by atoms with Gasteiger partial charge in [-0.3, -0.25) is 4.79 Å². The quantitative estimate of drug-likeness (QED) is 0.819. The Bertz CT molecular complexity index is 499. The number of nitrogens with one attached hydrogen (secondary N) is 1. The van der Waals surface area contributed by atoms with Gasteiger partial charge in [0.15, 0.2) is 0 Å². The van der Waals surface area contributed by atoms with Crippen molar-refractivity contribution in [3.63, 3.8) is 0 Å². The van der Waals surface area contributed by atoms with Gasteiger partial charge < -0.3 is 10.1 Å². The molecule has 0 radical (unpaired) electrons. The molecule has 0 spiro atoms. The summed E-state index contributed by atoms with van der Waals surface area (Å²) in [4.78, 5) is 23.6. The lowest BCUT2D eigenvalue weighted by molar-refractivity contribution is -0.146. The van der Waals surface area contributed by atoms with E-state index in [1.165, 1.54) is 7.11 Å². The summed E-state index contributed by atoms with van der Waals surface area (Å²) in [5, 5.41) is 2.55. The predicted octanol–water partition coefficient (Wildman–Crippen LogP) is 2.21. The number of carbonyl (C=O) groups excluding carboxylic acids is 2. The van der Waals surface area contributed by atoms with E-state index in [1.54, 1.807) is 0 Å². The highest BCUT2D eigenvalue weighted by Crippen LogP contribution is 2.11. The molecule has 21 heavy (non-hydrogen) atoms. The average Bonchev–Trinajstić information content (AvgIpc) is 2.41. The van der Waals surface area contributed by atoms with Gasteiger partial charge in [0.25, 0.3) is 0 Å². The molecule has 0 heterocycles. The molecule has 0 saturated heterocycles. The summed E-state index contributed by atoms with van der Waals surface area (Å²) in [6.07, 6.45) is 0.466. The fraction of sp³-hybridized carbons (Fsp3) is 0.467. The number of methoxy groups -OCH3 is 1. The van der Waals surface area contributed by atoms with Crippen molar-refractivity contribution in [2.45, 2.75) is 32.7 Å². The van der Waals surface area contributed by atoms with Gasteiger partial charge in [-0.15, -0.1) is 0 Å². The lowest BCUT2D eigenvalue weighted by atomic mass is 9.99. The van der Waals surface area contributed by atoms with Gasteiger partial charge in [-0.05, 0) is 23.6 Å². The van der Waals surface area contributed by atoms with Crippen LogP contribution in [0, 0.1) is 17.6 Å². The van der Waals surface area contributed by atoms with E-state index < -0.39 is 29.6 Å². The standard InChI is InChI=1S/C15H19F2NO3/c1-4-9(2)14(15(20)21-3)18-13(19)7-10-5-11(16)8-12(17)6-10/h5-6,8-9,14H,4,7H2,1-3H3,(H,18,19)/t9-,14+/m1/s1. The smallest absolute Gasteiger partial charge is 0.328 e. The Morgan fingerprint density at radius 2 is 1.81 bits per heavy atom. The van der Waals surface area contributed by atoms with Crippen molar-refractivity contribution in [3.8, 4) is 0 Å². The Morgan fingerprint density at radius 3 is 2.29 bits per heavy atom. The molecule has 1 aromatic rings. The first-order valence-electron chi connectivity index (χ1n) is 6.69. The molecule has 116 valence electrons. The van der Waals surface area contributed by atoms with Gasteiger partial charge in [0.1, 0.15) is 17.7 Å². The molecule has 0 saturated carbocycles. The lowest BCUT2D eigenvalue weighted by Gasteiger charge is -2.21. The summed E-state index contributed by atoms with van der Waals surface area (Å²) in [7, 11) is 1.24. The zero-order valence-corrected chi connectivity index (χ0v) is 12.3. The second-order valence-electron chi connectivity index (χ2n) is 4.91. The van der Waals surface area contributed by atoms with Gasteiger partial charge in [-0.1, -0.05) is 20.3 Å². The monoisotopic (exact) mass is 299 g/mol. The van der Waals surface area contributed by atoms with E-state index in [4.69, 9.17) is 0 Å². The number of rotatable bonds is 6. The van der Waals surface area contributed by atoms with Crippen LogP contribution in [-0.4, -0.2) is 25.0 Å². The third kappa shape index (κ3) is 5.13. The number of amides is 1. The Morgan fingerprint density at radius 1 is 1.24 bits per heavy atom. The van der Waals surface area contributed by atoms with Crippen molar-refractivity contribution < 1.29 is 23.1 Å². The van der Waals surface area contributed by atoms with E-state index in [9.17, 15) is 18.4 Å². The number of ether oxygens (including phenoxy) is 1. The van der Waals surface area contributed by atoms with Gasteiger partial charge in [-0.25, -0.2) is 13.6 Å². The van der Waals surface area contributed by atoms with Crippen LogP contribution in [0.2, 0.25) is 0 Å². The molecule has 0 aliphatic carbocycles. The Labute approximate surface area is 122 Å². The van der Waals surface area contributed by atoms with E-state index >= 15 is 0 Å². The summed E-state index contributed by atoms with van der Waals surface area (Å²) in [6, 6.07) is 2.13. The molecule has 1 aromatic carbocycles. The number of halogens is 2. The molecule has 0 unspecified atom stereocenters. The van der Waals surface area contributed by atoms with Crippen molar-refractivity contribution in [2.24, 2.45) is 5.92 Å². The Hall–Kier alpha value is -1.98. The van der Waals surface area contributed by atoms with Crippen LogP contribution in [0.5, 0.6) is 0 Å². The first-order valence-corrected chi connectivity index (χ1v) is 6.69. The van der Waals surface area contributed by atoms with Crippen LogP contribution in [0.3, 0.4) is 0 Å². The molecular formula is C15H19F2NO3. The van der Waals surface area contributed by atoms with Crippen molar-refractivity contribution in [1.82, 2.24) is 5.32 Å². The Balaban J connectivity index is 2.75. The van der Waals surface area contributed by atoms with Crippen LogP contribution in [0.25, 0.3) is 0 Å². The van der Waals surface area contributed by atoms with E-state index in [1.807, 2.05) is 13.8 Å². The molecule has 0 aromatic heterocycles. The van der Waals surface area contributed by atoms with Crippen LogP contribution < -0.4 is 5.32 Å². The van der Waals surface area contributed by atoms with Crippen LogP contribution in [0.1, 0.15) is 25.8 Å². The van der Waals surface area contributed by atoms with Crippen molar-refractivity contribution in [1.29, 1.82) is 0 Å². The first-order chi connectivity index (χ1) is 9.87. The average molecular weight is 299 g/mol. The van der Waals surface area contributed by atoms with Crippen LogP contribution in [-0.2, 0) is 20.7 Å². The van der Waals surface area contributed by atoms with Gasteiger partial charge in [0.2, 0.25) is 5.91 Å². The molecule has 1 N–H and O–H groups in total. The predicted molar refractivity (Wildman–Crippen MR) is 73.5 cm³/mol. The summed E-state index contributed by atoms with van der Waals surface area (Å²) in [5.74, 6) is -2.63. The van der Waals surface area contributed by atoms with Crippen LogP contribution >= 0.6 is 0 Å². The first kappa shape index (κ1) is 17.1. The maximum Gasteiger partial charge on any atom is 0.328 e. The van der Waals surface area contributed by atoms with E-state index in [-0.39, 0.29) is 17.9 Å². The molecular weight excluding hydrogens is 280 g/mol. The molecule has 0 aliphatic rings. The second-order valence-corrected chi connectivity index (χ2v) is 4.91. The minimum absolute atomic E-state index is 0.106. The minimum atomic E-state index is -0.772. The van der Waals surface area contributed by atoms with Gasteiger partial charge in [0.05, 0.1) is 13.5 Å². The molecule has 6 heteroatoms. The molecule has 2 atom stereocenters. The normalized spacial score (nSPS) is 13.4. The lowest BCUT2D eigenvalue weighted by Crippen LogP contribution is -2.46. The van der Waals surface area contributed by atoms with E-state index in [2.05, 4.69) is 10.1 Å². The highest BCUT2D eigenvalue weighted by molar-refractivity contribution is 5.85. The third-order valence-electron chi connectivity index (χ3n) is 3.27. The van der Waals surface area contributed by atoms with Gasteiger partial charge in [-0.2, -0.15) is 0 Å². The molecule has 1 amide bonds. The van der Waals surface area contributed by atoms with Gasteiger partial charge >= 0.3 is 5.97 Å². The van der Waals surface area contributed by atoms with E-state index in [0.29, 0.717) is 6.42 Å².